The first kappa shape index (κ1) is 2.54. The molecule has 7 heteroatoms. The van der Waals surface area contributed by atoms with E-state index in [0.717, 1.165) is 0 Å². The Hall–Kier alpha value is -0.280. The Kier molecular flexibility index (Phi) is 0.124. The van der Waals surface area contributed by atoms with Gasteiger partial charge in [0.15, 0.2) is 0 Å². The second kappa shape index (κ2) is 0.391. The molecule has 0 aliphatic carbocycles. The van der Waals surface area contributed by atoms with Crippen LogP contribution in [0.3, 0.4) is 0 Å². The standard InChI is InChI=1S/CHN7/c1-2-5-3(1)7-4(1)6(2)8(5)7/h1H. The van der Waals surface area contributed by atoms with E-state index in [1.165, 1.54) is 0 Å². The second-order valence-electron chi connectivity index (χ2n) is 2.38. The molecule has 0 N–H and O–H groups in total. The number of hydrogen-bond donors (Lipinski definition) is 0. The third kappa shape index (κ3) is 0.0560. The average Bonchev–Trinajstić information content (AvgIpc) is 1.90. The number of hydrogen-bond acceptors (Lipinski definition) is 7. The van der Waals surface area contributed by atoms with Crippen LogP contribution in [-0.2, 0) is 0 Å². The van der Waals surface area contributed by atoms with Crippen LogP contribution in [0.1, 0.15) is 0 Å². The van der Waals surface area contributed by atoms with Gasteiger partial charge in [-0.3, -0.25) is 0 Å². The quantitative estimate of drug-likeness (QED) is 0.346. The fourth-order valence-corrected chi connectivity index (χ4v) is 1.80. The van der Waals surface area contributed by atoms with E-state index in [9.17, 15) is 0 Å². The summed E-state index contributed by atoms with van der Waals surface area (Å²) in [5, 5.41) is 14.8. The van der Waals surface area contributed by atoms with Gasteiger partial charge in [-0.05, 0) is 20.9 Å². The molecular formula is CHN7. The normalized spacial score (nSPS) is 54.0. The molecule has 6 fully saturated rings. The smallest absolute Gasteiger partial charge is 0.0710 e. The van der Waals surface area contributed by atoms with Gasteiger partial charge in [-0.2, -0.15) is 0 Å². The van der Waals surface area contributed by atoms with E-state index in [4.69, 9.17) is 0 Å². The number of nitrogens with zero attached hydrogens (tertiary/aromatic N) is 7. The van der Waals surface area contributed by atoms with E-state index in [1.807, 2.05) is 5.23 Å². The van der Waals surface area contributed by atoms with Gasteiger partial charge >= 0.3 is 0 Å². The Morgan fingerprint density at radius 3 is 1.25 bits per heavy atom. The molecule has 0 aromatic carbocycles. The van der Waals surface area contributed by atoms with Crippen molar-refractivity contribution in [2.75, 3.05) is 0 Å². The average molecular weight is 111 g/mol. The molecule has 0 aromatic heterocycles. The third-order valence-corrected chi connectivity index (χ3v) is 2.20. The first-order valence-corrected chi connectivity index (χ1v) is 2.57. The van der Waals surface area contributed by atoms with Gasteiger partial charge in [-0.25, -0.2) is 0 Å². The SMILES string of the molecule is C12N3N4N1N1N2N3N41. The number of rotatable bonds is 0. The van der Waals surface area contributed by atoms with Crippen LogP contribution >= 0.6 is 0 Å². The zero-order chi connectivity index (χ0) is 4.62. The second-order valence-corrected chi connectivity index (χ2v) is 2.38. The van der Waals surface area contributed by atoms with Gasteiger partial charge < -0.3 is 0 Å². The summed E-state index contributed by atoms with van der Waals surface area (Å²) < 4.78 is 0. The zero-order valence-electron chi connectivity index (χ0n) is 3.71. The Bertz CT molecular complexity index is 114. The lowest BCUT2D eigenvalue weighted by atomic mass is 10.5. The molecule has 0 atom stereocenters. The summed E-state index contributed by atoms with van der Waals surface area (Å²) in [6.07, 6.45) is 0.569. The van der Waals surface area contributed by atoms with Crippen molar-refractivity contribution >= 4 is 0 Å². The van der Waals surface area contributed by atoms with Crippen LogP contribution in [0.15, 0.2) is 0 Å². The topological polar surface area (TPSA) is 22.7 Å². The summed E-state index contributed by atoms with van der Waals surface area (Å²) in [4.78, 5) is 0. The van der Waals surface area contributed by atoms with E-state index >= 15 is 0 Å². The van der Waals surface area contributed by atoms with E-state index in [0.29, 0.717) is 6.29 Å². The Morgan fingerprint density at radius 1 is 0.625 bits per heavy atom. The van der Waals surface area contributed by atoms with Crippen molar-refractivity contribution in [2.24, 2.45) is 0 Å². The molecule has 0 saturated carbocycles. The molecule has 0 spiro atoms. The molecule has 0 unspecified atom stereocenters. The van der Waals surface area contributed by atoms with Gasteiger partial charge in [0.1, 0.15) is 0 Å². The molecule has 0 bridgehead atoms. The highest BCUT2D eigenvalue weighted by molar-refractivity contribution is 4.99. The zero-order valence-corrected chi connectivity index (χ0v) is 3.71. The summed E-state index contributed by atoms with van der Waals surface area (Å²) in [5.41, 5.74) is 0. The van der Waals surface area contributed by atoms with Crippen LogP contribution in [0.5, 0.6) is 0 Å². The van der Waals surface area contributed by atoms with Crippen LogP contribution in [0.4, 0.5) is 0 Å². The first-order chi connectivity index (χ1) is 4.00. The van der Waals surface area contributed by atoms with Crippen molar-refractivity contribution in [3.63, 3.8) is 0 Å². The summed E-state index contributed by atoms with van der Waals surface area (Å²) in [7, 11) is 0. The molecule has 0 aromatic rings. The lowest BCUT2D eigenvalue weighted by molar-refractivity contribution is -1.07. The van der Waals surface area contributed by atoms with Crippen LogP contribution in [-0.4, -0.2) is 42.6 Å². The molecule has 7 nitrogen and oxygen atoms in total. The highest BCUT2D eigenvalue weighted by Crippen LogP contribution is 2.70. The number of hydrazine groups is 9. The molecule has 6 heterocycles. The summed E-state index contributed by atoms with van der Waals surface area (Å²) in [5.74, 6) is 0. The maximum Gasteiger partial charge on any atom is 0.218 e. The van der Waals surface area contributed by atoms with E-state index < -0.39 is 0 Å². The fourth-order valence-electron chi connectivity index (χ4n) is 1.80. The first-order valence-electron chi connectivity index (χ1n) is 2.57. The Labute approximate surface area is 43.8 Å². The molecule has 6 aliphatic rings. The summed E-state index contributed by atoms with van der Waals surface area (Å²) >= 11 is 0. The van der Waals surface area contributed by atoms with Crippen LogP contribution in [0, 0.1) is 0 Å². The molecule has 6 aliphatic heterocycles. The molecule has 0 amide bonds. The molecule has 8 heavy (non-hydrogen) atoms. The highest BCUT2D eigenvalue weighted by Gasteiger charge is 2.99. The van der Waals surface area contributed by atoms with Crippen molar-refractivity contribution in [3.05, 3.63) is 0 Å². The molecule has 0 radical (unpaired) electrons. The Balaban J connectivity index is 2.00. The van der Waals surface area contributed by atoms with E-state index in [1.54, 1.807) is 0 Å². The van der Waals surface area contributed by atoms with Crippen LogP contribution in [0.25, 0.3) is 0 Å². The molecule has 6 saturated heterocycles. The van der Waals surface area contributed by atoms with Gasteiger partial charge in [-0.1, -0.05) is 15.4 Å². The predicted molar refractivity (Wildman–Crippen MR) is 16.7 cm³/mol. The minimum absolute atomic E-state index is 0.569. The monoisotopic (exact) mass is 111 g/mol. The lowest BCUT2D eigenvalue weighted by Crippen LogP contribution is -3.30. The molecule has 6 rings (SSSR count). The third-order valence-electron chi connectivity index (χ3n) is 2.20. The van der Waals surface area contributed by atoms with Crippen LogP contribution in [0.2, 0.25) is 0 Å². The lowest BCUT2D eigenvalue weighted by Gasteiger charge is -3.01. The maximum atomic E-state index is 2.17. The molecular weight excluding hydrogens is 110 g/mol. The van der Waals surface area contributed by atoms with Crippen molar-refractivity contribution in [3.8, 4) is 0 Å². The van der Waals surface area contributed by atoms with Gasteiger partial charge in [0, 0.05) is 0 Å². The predicted octanol–water partition coefficient (Wildman–Crippen LogP) is -2.31. The van der Waals surface area contributed by atoms with Crippen molar-refractivity contribution in [2.45, 2.75) is 6.29 Å². The molecule has 40 valence electrons. The van der Waals surface area contributed by atoms with Gasteiger partial charge in [0.2, 0.25) is 6.29 Å². The van der Waals surface area contributed by atoms with Gasteiger partial charge in [0.25, 0.3) is 0 Å². The summed E-state index contributed by atoms with van der Waals surface area (Å²) in [6.45, 7) is 0. The highest BCUT2D eigenvalue weighted by atomic mass is 16.9. The van der Waals surface area contributed by atoms with Gasteiger partial charge in [0.05, 0.1) is 0 Å². The minimum Gasteiger partial charge on any atom is -0.0710 e. The Morgan fingerprint density at radius 2 is 1.12 bits per heavy atom. The van der Waals surface area contributed by atoms with Crippen molar-refractivity contribution in [1.29, 1.82) is 0 Å². The van der Waals surface area contributed by atoms with Crippen molar-refractivity contribution in [1.82, 2.24) is 36.3 Å². The van der Waals surface area contributed by atoms with E-state index in [2.05, 4.69) is 31.0 Å². The van der Waals surface area contributed by atoms with Crippen molar-refractivity contribution < 1.29 is 0 Å². The van der Waals surface area contributed by atoms with E-state index in [-0.39, 0.29) is 0 Å². The fraction of sp³-hybridized carbons (Fsp3) is 1.00. The maximum absolute atomic E-state index is 2.17. The van der Waals surface area contributed by atoms with Crippen LogP contribution < -0.4 is 0 Å². The van der Waals surface area contributed by atoms with Gasteiger partial charge in [-0.15, -0.1) is 0 Å². The largest absolute Gasteiger partial charge is 0.218 e. The summed E-state index contributed by atoms with van der Waals surface area (Å²) in [6, 6.07) is 0. The minimum atomic E-state index is 0.569.